The van der Waals surface area contributed by atoms with E-state index in [4.69, 9.17) is 9.66 Å². The van der Waals surface area contributed by atoms with Crippen molar-refractivity contribution in [2.45, 2.75) is 11.8 Å². The van der Waals surface area contributed by atoms with Gasteiger partial charge in [0, 0.05) is 0 Å². The monoisotopic (exact) mass is 325 g/mol. The minimum absolute atomic E-state index is 0.0741. The van der Waals surface area contributed by atoms with Crippen LogP contribution >= 0.6 is 0 Å². The van der Waals surface area contributed by atoms with Crippen molar-refractivity contribution in [2.75, 3.05) is 21.1 Å². The number of nitrogens with zero attached hydrogens (tertiary/aromatic N) is 1. The Balaban J connectivity index is 0.000000330. The Kier molecular flexibility index (Phi) is 9.09. The lowest BCUT2D eigenvalue weighted by atomic mass is 10.2. The van der Waals surface area contributed by atoms with Crippen LogP contribution in [0.25, 0.3) is 0 Å². The standard InChI is InChI=1S/C7H8O.C6H6O3S.C3H9N/c1-6-4-2-3-5-7(6)8;7-10(8,9)6-4-2-1-3-5-6;1-4(2)3/h2-5,8H,1H3;1-5H,(H,7,8,9);1-3H3. The number of hydrogen-bond acceptors (Lipinski definition) is 4. The molecule has 0 spiro atoms. The molecular formula is C16H23NO4S. The summed E-state index contributed by atoms with van der Waals surface area (Å²) in [6.07, 6.45) is 0. The van der Waals surface area contributed by atoms with Gasteiger partial charge in [0.1, 0.15) is 5.75 Å². The van der Waals surface area contributed by atoms with Crippen molar-refractivity contribution in [3.8, 4) is 5.75 Å². The maximum atomic E-state index is 10.4. The number of aromatic hydroxyl groups is 1. The molecule has 0 atom stereocenters. The third-order valence-corrected chi connectivity index (χ3v) is 3.02. The smallest absolute Gasteiger partial charge is 0.294 e. The van der Waals surface area contributed by atoms with E-state index in [-0.39, 0.29) is 4.90 Å². The summed E-state index contributed by atoms with van der Waals surface area (Å²) in [5.74, 6) is 0.368. The number of phenols is 1. The molecule has 0 heterocycles. The van der Waals surface area contributed by atoms with Gasteiger partial charge >= 0.3 is 0 Å². The number of para-hydroxylation sites is 1. The Morgan fingerprint density at radius 1 is 0.864 bits per heavy atom. The summed E-state index contributed by atoms with van der Waals surface area (Å²) in [7, 11) is 2.00. The number of benzene rings is 2. The topological polar surface area (TPSA) is 77.8 Å². The zero-order valence-corrected chi connectivity index (χ0v) is 14.1. The van der Waals surface area contributed by atoms with Gasteiger partial charge in [-0.3, -0.25) is 4.55 Å². The summed E-state index contributed by atoms with van der Waals surface area (Å²) in [5.41, 5.74) is 0.924. The molecule has 2 aromatic carbocycles. The molecule has 0 saturated heterocycles. The second-order valence-electron chi connectivity index (χ2n) is 4.92. The molecule has 0 unspecified atom stereocenters. The van der Waals surface area contributed by atoms with Gasteiger partial charge in [0.25, 0.3) is 10.1 Å². The van der Waals surface area contributed by atoms with Gasteiger partial charge in [-0.2, -0.15) is 8.42 Å². The lowest BCUT2D eigenvalue weighted by molar-refractivity contribution is 0.471. The predicted molar refractivity (Wildman–Crippen MR) is 88.7 cm³/mol. The largest absolute Gasteiger partial charge is 0.508 e. The van der Waals surface area contributed by atoms with Crippen LogP contribution < -0.4 is 0 Å². The Hall–Kier alpha value is -1.89. The Labute approximate surface area is 132 Å². The maximum absolute atomic E-state index is 10.4. The van der Waals surface area contributed by atoms with E-state index in [1.807, 2.05) is 51.2 Å². The van der Waals surface area contributed by atoms with Gasteiger partial charge < -0.3 is 10.0 Å². The van der Waals surface area contributed by atoms with Crippen LogP contribution in [-0.2, 0) is 10.1 Å². The summed E-state index contributed by atoms with van der Waals surface area (Å²) in [5, 5.41) is 8.92. The molecule has 0 aromatic heterocycles. The second-order valence-corrected chi connectivity index (χ2v) is 6.34. The number of phenolic OH excluding ortho intramolecular Hbond substituents is 1. The van der Waals surface area contributed by atoms with Crippen molar-refractivity contribution in [3.05, 3.63) is 60.2 Å². The van der Waals surface area contributed by atoms with Gasteiger partial charge in [-0.1, -0.05) is 36.4 Å². The molecule has 2 N–H and O–H groups in total. The van der Waals surface area contributed by atoms with Crippen LogP contribution in [0.1, 0.15) is 5.56 Å². The van der Waals surface area contributed by atoms with Crippen LogP contribution in [0.3, 0.4) is 0 Å². The highest BCUT2D eigenvalue weighted by molar-refractivity contribution is 7.85. The summed E-state index contributed by atoms with van der Waals surface area (Å²) in [6.45, 7) is 1.87. The lowest BCUT2D eigenvalue weighted by Gasteiger charge is -1.92. The highest BCUT2D eigenvalue weighted by Crippen LogP contribution is 2.12. The van der Waals surface area contributed by atoms with Gasteiger partial charge in [0.05, 0.1) is 4.90 Å². The van der Waals surface area contributed by atoms with E-state index in [1.165, 1.54) is 12.1 Å². The fourth-order valence-corrected chi connectivity index (χ4v) is 1.66. The summed E-state index contributed by atoms with van der Waals surface area (Å²) >= 11 is 0. The van der Waals surface area contributed by atoms with Crippen molar-refractivity contribution in [1.82, 2.24) is 4.90 Å². The Morgan fingerprint density at radius 3 is 1.55 bits per heavy atom. The summed E-state index contributed by atoms with van der Waals surface area (Å²) < 4.78 is 29.2. The maximum Gasteiger partial charge on any atom is 0.294 e. The zero-order valence-electron chi connectivity index (χ0n) is 13.3. The van der Waals surface area contributed by atoms with E-state index < -0.39 is 10.1 Å². The molecule has 0 fully saturated rings. The van der Waals surface area contributed by atoms with Crippen molar-refractivity contribution >= 4 is 10.1 Å². The molecular weight excluding hydrogens is 302 g/mol. The van der Waals surface area contributed by atoms with Gasteiger partial charge in [0.15, 0.2) is 0 Å². The molecule has 0 saturated carbocycles. The van der Waals surface area contributed by atoms with Gasteiger partial charge in [-0.15, -0.1) is 0 Å². The molecule has 6 heteroatoms. The normalized spacial score (nSPS) is 10.1. The predicted octanol–water partition coefficient (Wildman–Crippen LogP) is 2.81. The van der Waals surface area contributed by atoms with E-state index in [0.717, 1.165) is 5.56 Å². The van der Waals surface area contributed by atoms with E-state index in [9.17, 15) is 8.42 Å². The van der Waals surface area contributed by atoms with Gasteiger partial charge in [0.2, 0.25) is 0 Å². The number of aryl methyl sites for hydroxylation is 1. The Morgan fingerprint density at radius 2 is 1.27 bits per heavy atom. The van der Waals surface area contributed by atoms with Crippen molar-refractivity contribution in [3.63, 3.8) is 0 Å². The van der Waals surface area contributed by atoms with E-state index >= 15 is 0 Å². The highest BCUT2D eigenvalue weighted by Gasteiger charge is 2.05. The molecule has 22 heavy (non-hydrogen) atoms. The van der Waals surface area contributed by atoms with Crippen LogP contribution in [0.5, 0.6) is 5.75 Å². The first-order chi connectivity index (χ1) is 10.1. The van der Waals surface area contributed by atoms with E-state index in [1.54, 1.807) is 24.3 Å². The van der Waals surface area contributed by atoms with Crippen LogP contribution in [0.2, 0.25) is 0 Å². The molecule has 0 radical (unpaired) electrons. The molecule has 2 aromatic rings. The third kappa shape index (κ3) is 9.93. The van der Waals surface area contributed by atoms with E-state index in [0.29, 0.717) is 5.75 Å². The Bertz CT molecular complexity index is 616. The van der Waals surface area contributed by atoms with Gasteiger partial charge in [-0.25, -0.2) is 0 Å². The van der Waals surface area contributed by atoms with Crippen LogP contribution in [0.4, 0.5) is 0 Å². The first kappa shape index (κ1) is 20.1. The first-order valence-corrected chi connectivity index (χ1v) is 7.96. The molecule has 0 aliphatic rings. The minimum atomic E-state index is -4.00. The van der Waals surface area contributed by atoms with Crippen LogP contribution in [-0.4, -0.2) is 44.1 Å². The molecule has 122 valence electrons. The average Bonchev–Trinajstić information content (AvgIpc) is 2.42. The first-order valence-electron chi connectivity index (χ1n) is 6.52. The van der Waals surface area contributed by atoms with Crippen molar-refractivity contribution in [2.24, 2.45) is 0 Å². The molecule has 2 rings (SSSR count). The SMILES string of the molecule is CN(C)C.Cc1ccccc1O.O=S(=O)(O)c1ccccc1. The van der Waals surface area contributed by atoms with E-state index in [2.05, 4.69) is 0 Å². The molecule has 0 amide bonds. The quantitative estimate of drug-likeness (QED) is 0.788. The van der Waals surface area contributed by atoms with Crippen molar-refractivity contribution < 1.29 is 18.1 Å². The average molecular weight is 325 g/mol. The van der Waals surface area contributed by atoms with Crippen molar-refractivity contribution in [1.29, 1.82) is 0 Å². The number of hydrogen-bond donors (Lipinski definition) is 2. The fourth-order valence-electron chi connectivity index (χ4n) is 1.16. The number of rotatable bonds is 1. The second kappa shape index (κ2) is 9.94. The van der Waals surface area contributed by atoms with Crippen LogP contribution in [0.15, 0.2) is 59.5 Å². The molecule has 0 aliphatic heterocycles. The summed E-state index contributed by atoms with van der Waals surface area (Å²) in [4.78, 5) is 1.93. The molecule has 5 nitrogen and oxygen atoms in total. The van der Waals surface area contributed by atoms with Crippen LogP contribution in [0, 0.1) is 6.92 Å². The molecule has 0 bridgehead atoms. The summed E-state index contributed by atoms with van der Waals surface area (Å²) in [6, 6.07) is 14.7. The third-order valence-electron chi connectivity index (χ3n) is 2.16. The molecule has 0 aliphatic carbocycles. The minimum Gasteiger partial charge on any atom is -0.508 e. The highest BCUT2D eigenvalue weighted by atomic mass is 32.2. The zero-order chi connectivity index (χ0) is 17.2. The fraction of sp³-hybridized carbons (Fsp3) is 0.250. The lowest BCUT2D eigenvalue weighted by Crippen LogP contribution is -1.99. The van der Waals surface area contributed by atoms with Gasteiger partial charge in [-0.05, 0) is 51.8 Å².